The highest BCUT2D eigenvalue weighted by Gasteiger charge is 2.13. The van der Waals surface area contributed by atoms with Gasteiger partial charge in [0, 0.05) is 13.2 Å². The fourth-order valence-corrected chi connectivity index (χ4v) is 1.59. The van der Waals surface area contributed by atoms with E-state index in [9.17, 15) is 9.50 Å². The van der Waals surface area contributed by atoms with E-state index in [0.717, 1.165) is 0 Å². The highest BCUT2D eigenvalue weighted by Crippen LogP contribution is 2.21. The van der Waals surface area contributed by atoms with Crippen LogP contribution in [0.2, 0.25) is 0 Å². The molecule has 4 heteroatoms. The van der Waals surface area contributed by atoms with Crippen LogP contribution in [0.3, 0.4) is 0 Å². The van der Waals surface area contributed by atoms with E-state index in [4.69, 9.17) is 0 Å². The Labute approximate surface area is 93.2 Å². The first kappa shape index (κ1) is 10.8. The van der Waals surface area contributed by atoms with Gasteiger partial charge in [0.1, 0.15) is 11.9 Å². The molecule has 0 amide bonds. The highest BCUT2D eigenvalue weighted by molar-refractivity contribution is 5.29. The van der Waals surface area contributed by atoms with Crippen LogP contribution in [0.25, 0.3) is 0 Å². The largest absolute Gasteiger partial charge is 0.382 e. The van der Waals surface area contributed by atoms with Crippen LogP contribution in [0.4, 0.5) is 4.39 Å². The van der Waals surface area contributed by atoms with E-state index < -0.39 is 6.10 Å². The Hall–Kier alpha value is -1.68. The highest BCUT2D eigenvalue weighted by atomic mass is 19.1. The van der Waals surface area contributed by atoms with Crippen molar-refractivity contribution in [2.24, 2.45) is 7.05 Å². The molecule has 0 aliphatic carbocycles. The Morgan fingerprint density at radius 3 is 2.69 bits per heavy atom. The van der Waals surface area contributed by atoms with Crippen LogP contribution in [0, 0.1) is 12.7 Å². The summed E-state index contributed by atoms with van der Waals surface area (Å²) in [5.74, 6) is -0.267. The average Bonchev–Trinajstić information content (AvgIpc) is 2.68. The molecule has 0 saturated heterocycles. The van der Waals surface area contributed by atoms with Crippen LogP contribution in [-0.4, -0.2) is 14.9 Å². The molecule has 1 N–H and O–H groups in total. The number of aliphatic hydroxyl groups excluding tert-OH is 1. The number of aryl methyl sites for hydroxylation is 2. The van der Waals surface area contributed by atoms with Crippen molar-refractivity contribution in [3.8, 4) is 0 Å². The summed E-state index contributed by atoms with van der Waals surface area (Å²) >= 11 is 0. The van der Waals surface area contributed by atoms with Gasteiger partial charge in [-0.1, -0.05) is 12.1 Å². The second-order valence-electron chi connectivity index (χ2n) is 3.83. The van der Waals surface area contributed by atoms with Gasteiger partial charge in [0.2, 0.25) is 0 Å². The quantitative estimate of drug-likeness (QED) is 0.840. The fraction of sp³-hybridized carbons (Fsp3) is 0.250. The molecule has 2 aromatic rings. The summed E-state index contributed by atoms with van der Waals surface area (Å²) in [6, 6.07) is 6.30. The maximum absolute atomic E-state index is 13.1. The molecule has 0 aliphatic heterocycles. The van der Waals surface area contributed by atoms with Crippen LogP contribution < -0.4 is 0 Å². The fourth-order valence-electron chi connectivity index (χ4n) is 1.59. The molecule has 1 aromatic carbocycles. The molecule has 1 heterocycles. The predicted molar refractivity (Wildman–Crippen MR) is 58.4 cm³/mol. The number of hydrogen-bond donors (Lipinski definition) is 1. The molecule has 2 rings (SSSR count). The Bertz CT molecular complexity index is 507. The van der Waals surface area contributed by atoms with Crippen LogP contribution in [0.15, 0.2) is 30.5 Å². The molecule has 0 spiro atoms. The van der Waals surface area contributed by atoms with Crippen molar-refractivity contribution in [2.45, 2.75) is 13.0 Å². The minimum Gasteiger partial charge on any atom is -0.382 e. The Morgan fingerprint density at radius 1 is 1.38 bits per heavy atom. The number of rotatable bonds is 2. The zero-order valence-electron chi connectivity index (χ0n) is 9.18. The summed E-state index contributed by atoms with van der Waals surface area (Å²) < 4.78 is 14.7. The molecule has 84 valence electrons. The lowest BCUT2D eigenvalue weighted by Crippen LogP contribution is -2.02. The van der Waals surface area contributed by atoms with Crippen molar-refractivity contribution >= 4 is 0 Å². The third-order valence-corrected chi connectivity index (χ3v) is 2.51. The molecular weight excluding hydrogens is 207 g/mol. The molecular formula is C12H13FN2O. The number of benzene rings is 1. The normalized spacial score (nSPS) is 12.8. The van der Waals surface area contributed by atoms with Crippen LogP contribution >= 0.6 is 0 Å². The van der Waals surface area contributed by atoms with Gasteiger partial charge in [0.15, 0.2) is 0 Å². The summed E-state index contributed by atoms with van der Waals surface area (Å²) in [5, 5.41) is 14.1. The van der Waals surface area contributed by atoms with E-state index in [1.165, 1.54) is 6.07 Å². The van der Waals surface area contributed by atoms with Gasteiger partial charge in [-0.15, -0.1) is 0 Å². The monoisotopic (exact) mass is 220 g/mol. The molecule has 3 nitrogen and oxygen atoms in total. The number of aliphatic hydroxyl groups is 1. The lowest BCUT2D eigenvalue weighted by atomic mass is 10.0. The van der Waals surface area contributed by atoms with E-state index in [-0.39, 0.29) is 5.82 Å². The maximum Gasteiger partial charge on any atom is 0.126 e. The van der Waals surface area contributed by atoms with Gasteiger partial charge in [-0.25, -0.2) is 4.39 Å². The summed E-state index contributed by atoms with van der Waals surface area (Å²) in [5.41, 5.74) is 1.73. The molecule has 0 fully saturated rings. The Balaban J connectivity index is 2.33. The molecule has 0 radical (unpaired) electrons. The van der Waals surface area contributed by atoms with Crippen molar-refractivity contribution in [1.29, 1.82) is 0 Å². The summed E-state index contributed by atoms with van der Waals surface area (Å²) in [4.78, 5) is 0. The predicted octanol–water partition coefficient (Wildman–Crippen LogP) is 1.95. The van der Waals surface area contributed by atoms with Gasteiger partial charge < -0.3 is 5.11 Å². The van der Waals surface area contributed by atoms with Gasteiger partial charge in [0.25, 0.3) is 0 Å². The first-order chi connectivity index (χ1) is 7.58. The van der Waals surface area contributed by atoms with E-state index in [0.29, 0.717) is 16.8 Å². The standard InChI is InChI=1S/C12H13FN2O/c1-8-7-9(3-4-10(8)13)12(16)11-5-6-15(2)14-11/h3-7,12,16H,1-2H3. The molecule has 0 saturated carbocycles. The zero-order valence-corrected chi connectivity index (χ0v) is 9.18. The van der Waals surface area contributed by atoms with Gasteiger partial charge in [-0.05, 0) is 30.2 Å². The van der Waals surface area contributed by atoms with Gasteiger partial charge >= 0.3 is 0 Å². The third-order valence-electron chi connectivity index (χ3n) is 2.51. The van der Waals surface area contributed by atoms with Gasteiger partial charge in [-0.3, -0.25) is 4.68 Å². The van der Waals surface area contributed by atoms with Crippen LogP contribution in [0.1, 0.15) is 22.9 Å². The Morgan fingerprint density at radius 2 is 2.12 bits per heavy atom. The second kappa shape index (κ2) is 4.06. The third kappa shape index (κ3) is 1.97. The number of nitrogens with zero attached hydrogens (tertiary/aromatic N) is 2. The summed E-state index contributed by atoms with van der Waals surface area (Å²) in [7, 11) is 1.78. The van der Waals surface area contributed by atoms with Crippen molar-refractivity contribution < 1.29 is 9.50 Å². The average molecular weight is 220 g/mol. The summed E-state index contributed by atoms with van der Waals surface area (Å²) in [6.07, 6.45) is 0.954. The number of hydrogen-bond acceptors (Lipinski definition) is 2. The molecule has 16 heavy (non-hydrogen) atoms. The van der Waals surface area contributed by atoms with Gasteiger partial charge in [-0.2, -0.15) is 5.10 Å². The first-order valence-electron chi connectivity index (χ1n) is 5.01. The molecule has 0 bridgehead atoms. The molecule has 1 atom stereocenters. The SMILES string of the molecule is Cc1cc(C(O)c2ccn(C)n2)ccc1F. The minimum absolute atomic E-state index is 0.267. The van der Waals surface area contributed by atoms with E-state index >= 15 is 0 Å². The molecule has 1 unspecified atom stereocenters. The van der Waals surface area contributed by atoms with E-state index in [1.54, 1.807) is 43.0 Å². The maximum atomic E-state index is 13.1. The van der Waals surface area contributed by atoms with Gasteiger partial charge in [0.05, 0.1) is 5.69 Å². The zero-order chi connectivity index (χ0) is 11.7. The van der Waals surface area contributed by atoms with Crippen LogP contribution in [-0.2, 0) is 7.05 Å². The second-order valence-corrected chi connectivity index (χ2v) is 3.83. The summed E-state index contributed by atoms with van der Waals surface area (Å²) in [6.45, 7) is 1.67. The van der Waals surface area contributed by atoms with Crippen molar-refractivity contribution in [2.75, 3.05) is 0 Å². The lowest BCUT2D eigenvalue weighted by molar-refractivity contribution is 0.214. The van der Waals surface area contributed by atoms with Crippen LogP contribution in [0.5, 0.6) is 0 Å². The van der Waals surface area contributed by atoms with E-state index in [2.05, 4.69) is 5.10 Å². The van der Waals surface area contributed by atoms with Crippen molar-refractivity contribution in [3.63, 3.8) is 0 Å². The lowest BCUT2D eigenvalue weighted by Gasteiger charge is -2.09. The topological polar surface area (TPSA) is 38.0 Å². The smallest absolute Gasteiger partial charge is 0.126 e. The minimum atomic E-state index is -0.805. The number of aromatic nitrogens is 2. The molecule has 0 aliphatic rings. The van der Waals surface area contributed by atoms with Crippen molar-refractivity contribution in [1.82, 2.24) is 9.78 Å². The van der Waals surface area contributed by atoms with E-state index in [1.807, 2.05) is 0 Å². The molecule has 1 aromatic heterocycles. The first-order valence-corrected chi connectivity index (χ1v) is 5.01. The van der Waals surface area contributed by atoms with Crippen molar-refractivity contribution in [3.05, 3.63) is 53.1 Å². The number of halogens is 1. The Kier molecular flexibility index (Phi) is 2.75.